The van der Waals surface area contributed by atoms with Crippen LogP contribution in [0.25, 0.3) is 0 Å². The molecule has 0 spiro atoms. The summed E-state index contributed by atoms with van der Waals surface area (Å²) in [7, 11) is -2.35. The molecule has 0 fully saturated rings. The van der Waals surface area contributed by atoms with Crippen molar-refractivity contribution >= 4 is 14.5 Å². The molecule has 0 aliphatic carbocycles. The first-order chi connectivity index (χ1) is 17.4. The summed E-state index contributed by atoms with van der Waals surface area (Å²) in [6, 6.07) is 20.1. The summed E-state index contributed by atoms with van der Waals surface area (Å²) < 4.78 is 14.2. The van der Waals surface area contributed by atoms with Crippen LogP contribution in [0.2, 0.25) is 0 Å². The van der Waals surface area contributed by atoms with Gasteiger partial charge in [-0.2, -0.15) is 0 Å². The number of hydrogen-bond acceptors (Lipinski definition) is 2. The fraction of sp³-hybridized carbons (Fsp3) is 0.486. The summed E-state index contributed by atoms with van der Waals surface area (Å²) in [4.78, 5) is 0. The van der Waals surface area contributed by atoms with Crippen LogP contribution in [0, 0.1) is 0 Å². The first-order valence-electron chi connectivity index (χ1n) is 14.1. The van der Waals surface area contributed by atoms with Crippen molar-refractivity contribution in [2.75, 3.05) is 0 Å². The van der Waals surface area contributed by atoms with Crippen LogP contribution in [0.3, 0.4) is 0 Å². The summed E-state index contributed by atoms with van der Waals surface area (Å²) in [6.07, 6.45) is 0.792. The van der Waals surface area contributed by atoms with Crippen LogP contribution in [-0.4, -0.2) is 9.28 Å². The van der Waals surface area contributed by atoms with Crippen molar-refractivity contribution in [1.82, 2.24) is 0 Å². The van der Waals surface area contributed by atoms with Crippen LogP contribution in [0.15, 0.2) is 54.6 Å². The Morgan fingerprint density at radius 3 is 1.26 bits per heavy atom. The van der Waals surface area contributed by atoms with Gasteiger partial charge in [0.25, 0.3) is 0 Å². The van der Waals surface area contributed by atoms with Crippen molar-refractivity contribution in [2.45, 2.75) is 111 Å². The van der Waals surface area contributed by atoms with Gasteiger partial charge in [0, 0.05) is 11.6 Å². The second kappa shape index (κ2) is 9.59. The molecule has 0 radical (unpaired) electrons. The quantitative estimate of drug-likeness (QED) is 0.295. The van der Waals surface area contributed by atoms with Gasteiger partial charge in [0.15, 0.2) is 0 Å². The topological polar surface area (TPSA) is 18.5 Å². The zero-order valence-electron chi connectivity index (χ0n) is 25.8. The number of hydrogen-bond donors (Lipinski definition) is 0. The standard InChI is InChI=1S/C35H48O2Si/c1-32(2,3)25-19-23-18-24-20-26(33(4,5)6)22-29(35(10,11)12)31(24)37-38(27-16-14-13-15-17-27)36-30(23)28(21-25)34(7,8)9/h13-17,19-22,38H,18H2,1-12H3. The molecular formula is C35H48O2Si. The van der Waals surface area contributed by atoms with E-state index in [1.54, 1.807) is 0 Å². The first kappa shape index (κ1) is 28.5. The van der Waals surface area contributed by atoms with Crippen LogP contribution in [0.5, 0.6) is 11.5 Å². The van der Waals surface area contributed by atoms with Gasteiger partial charge in [0.05, 0.1) is 0 Å². The molecule has 3 aromatic carbocycles. The molecule has 0 aromatic heterocycles. The maximum atomic E-state index is 7.09. The number of fused-ring (bicyclic) bond motifs is 2. The minimum atomic E-state index is -2.35. The number of benzene rings is 3. The van der Waals surface area contributed by atoms with E-state index in [4.69, 9.17) is 8.85 Å². The fourth-order valence-electron chi connectivity index (χ4n) is 5.09. The molecule has 0 bridgehead atoms. The predicted octanol–water partition coefficient (Wildman–Crippen LogP) is 8.37. The Hall–Kier alpha value is -2.52. The van der Waals surface area contributed by atoms with E-state index in [0.29, 0.717) is 0 Å². The third-order valence-corrected chi connectivity index (χ3v) is 9.41. The predicted molar refractivity (Wildman–Crippen MR) is 165 cm³/mol. The van der Waals surface area contributed by atoms with Crippen molar-refractivity contribution in [3.8, 4) is 11.5 Å². The van der Waals surface area contributed by atoms with Crippen molar-refractivity contribution in [2.24, 2.45) is 0 Å². The molecular weight excluding hydrogens is 480 g/mol. The zero-order chi connectivity index (χ0) is 28.3. The van der Waals surface area contributed by atoms with E-state index >= 15 is 0 Å². The molecule has 2 nitrogen and oxygen atoms in total. The highest BCUT2D eigenvalue weighted by Crippen LogP contribution is 2.45. The molecule has 3 heteroatoms. The molecule has 0 saturated carbocycles. The molecule has 0 atom stereocenters. The lowest BCUT2D eigenvalue weighted by Crippen LogP contribution is -2.44. The average molecular weight is 529 g/mol. The Bertz CT molecular complexity index is 1230. The van der Waals surface area contributed by atoms with Crippen LogP contribution in [0.4, 0.5) is 0 Å². The van der Waals surface area contributed by atoms with E-state index in [-0.39, 0.29) is 21.7 Å². The highest BCUT2D eigenvalue weighted by molar-refractivity contribution is 6.62. The van der Waals surface area contributed by atoms with Crippen LogP contribution < -0.4 is 14.0 Å². The molecule has 38 heavy (non-hydrogen) atoms. The summed E-state index contributed by atoms with van der Waals surface area (Å²) >= 11 is 0. The third kappa shape index (κ3) is 5.88. The molecule has 204 valence electrons. The van der Waals surface area contributed by atoms with Gasteiger partial charge in [-0.1, -0.05) is 138 Å². The van der Waals surface area contributed by atoms with Gasteiger partial charge in [-0.3, -0.25) is 0 Å². The minimum Gasteiger partial charge on any atom is -0.510 e. The molecule has 0 unspecified atom stereocenters. The Kier molecular flexibility index (Phi) is 7.19. The molecule has 1 aliphatic rings. The summed E-state index contributed by atoms with van der Waals surface area (Å²) in [5.74, 6) is 2.05. The van der Waals surface area contributed by atoms with Gasteiger partial charge >= 0.3 is 9.28 Å². The van der Waals surface area contributed by atoms with E-state index in [1.165, 1.54) is 33.4 Å². The zero-order valence-corrected chi connectivity index (χ0v) is 27.0. The molecule has 0 saturated heterocycles. The lowest BCUT2D eigenvalue weighted by atomic mass is 9.76. The van der Waals surface area contributed by atoms with Crippen molar-refractivity contribution in [3.63, 3.8) is 0 Å². The van der Waals surface area contributed by atoms with Gasteiger partial charge in [-0.25, -0.2) is 0 Å². The highest BCUT2D eigenvalue weighted by Gasteiger charge is 2.35. The Morgan fingerprint density at radius 1 is 0.526 bits per heavy atom. The minimum absolute atomic E-state index is 0.0385. The van der Waals surface area contributed by atoms with Gasteiger partial charge < -0.3 is 8.85 Å². The largest absolute Gasteiger partial charge is 0.510 e. The summed E-state index contributed by atoms with van der Waals surface area (Å²) in [5, 5.41) is 1.16. The Labute approximate surface area is 233 Å². The summed E-state index contributed by atoms with van der Waals surface area (Å²) in [6.45, 7) is 27.6. The maximum absolute atomic E-state index is 7.09. The van der Waals surface area contributed by atoms with E-state index in [0.717, 1.165) is 23.1 Å². The fourth-order valence-corrected chi connectivity index (χ4v) is 6.93. The molecule has 0 amide bonds. The van der Waals surface area contributed by atoms with Gasteiger partial charge in [0.1, 0.15) is 11.5 Å². The van der Waals surface area contributed by atoms with Crippen molar-refractivity contribution in [3.05, 3.63) is 88.0 Å². The third-order valence-electron chi connectivity index (χ3n) is 7.58. The first-order valence-corrected chi connectivity index (χ1v) is 15.6. The smallest absolute Gasteiger partial charge is 0.479 e. The normalized spacial score (nSPS) is 15.1. The average Bonchev–Trinajstić information content (AvgIpc) is 2.76. The van der Waals surface area contributed by atoms with E-state index in [2.05, 4.69) is 138 Å². The second-order valence-corrected chi connectivity index (χ2v) is 17.0. The molecule has 1 heterocycles. The Balaban J connectivity index is 2.09. The monoisotopic (exact) mass is 528 g/mol. The molecule has 4 rings (SSSR count). The van der Waals surface area contributed by atoms with Gasteiger partial charge in [-0.15, -0.1) is 0 Å². The van der Waals surface area contributed by atoms with Crippen LogP contribution in [0.1, 0.15) is 116 Å². The Morgan fingerprint density at radius 2 is 0.921 bits per heavy atom. The van der Waals surface area contributed by atoms with Gasteiger partial charge in [-0.05, 0) is 55.0 Å². The van der Waals surface area contributed by atoms with Crippen molar-refractivity contribution in [1.29, 1.82) is 0 Å². The summed E-state index contributed by atoms with van der Waals surface area (Å²) in [5.41, 5.74) is 7.74. The molecule has 3 aromatic rings. The maximum Gasteiger partial charge on any atom is 0.479 e. The highest BCUT2D eigenvalue weighted by atomic mass is 28.3. The van der Waals surface area contributed by atoms with E-state index in [9.17, 15) is 0 Å². The SMILES string of the molecule is CC(C)(C)c1cc2c(c(C(C)(C)C)c1)O[SiH](c1ccccc1)Oc1c(cc(C(C)(C)C)cc1C(C)(C)C)C2. The van der Waals surface area contributed by atoms with Crippen LogP contribution >= 0.6 is 0 Å². The molecule has 0 N–H and O–H groups in total. The van der Waals surface area contributed by atoms with Gasteiger partial charge in [0.2, 0.25) is 0 Å². The second-order valence-electron chi connectivity index (χ2n) is 15.2. The van der Waals surface area contributed by atoms with E-state index < -0.39 is 9.28 Å². The molecule has 1 aliphatic heterocycles. The van der Waals surface area contributed by atoms with Crippen LogP contribution in [-0.2, 0) is 28.1 Å². The van der Waals surface area contributed by atoms with Crippen molar-refractivity contribution < 1.29 is 8.85 Å². The lowest BCUT2D eigenvalue weighted by molar-refractivity contribution is 0.406. The lowest BCUT2D eigenvalue weighted by Gasteiger charge is -2.35. The van der Waals surface area contributed by atoms with E-state index in [1.807, 2.05) is 0 Å². The number of rotatable bonds is 1.